The molecule has 7 heteroatoms. The van der Waals surface area contributed by atoms with Gasteiger partial charge in [0, 0.05) is 30.3 Å². The number of ether oxygens (including phenoxy) is 1. The molecule has 1 aromatic heterocycles. The molecule has 2 aromatic carbocycles. The zero-order valence-electron chi connectivity index (χ0n) is 19.4. The van der Waals surface area contributed by atoms with Crippen molar-refractivity contribution in [1.82, 2.24) is 10.1 Å². The molecule has 1 fully saturated rings. The Kier molecular flexibility index (Phi) is 7.08. The summed E-state index contributed by atoms with van der Waals surface area (Å²) in [5.41, 5.74) is 3.22. The lowest BCUT2D eigenvalue weighted by Crippen LogP contribution is -2.39. The van der Waals surface area contributed by atoms with Gasteiger partial charge in [-0.3, -0.25) is 4.79 Å². The van der Waals surface area contributed by atoms with Crippen LogP contribution in [0.3, 0.4) is 0 Å². The van der Waals surface area contributed by atoms with Gasteiger partial charge in [0.25, 0.3) is 5.91 Å². The van der Waals surface area contributed by atoms with Crippen molar-refractivity contribution in [3.8, 4) is 11.3 Å². The van der Waals surface area contributed by atoms with Gasteiger partial charge in [-0.1, -0.05) is 41.9 Å². The first-order chi connectivity index (χ1) is 16.0. The highest BCUT2D eigenvalue weighted by atomic mass is 19.1. The van der Waals surface area contributed by atoms with Crippen LogP contribution in [0.1, 0.15) is 41.8 Å². The van der Waals surface area contributed by atoms with Crippen LogP contribution in [0.4, 0.5) is 10.3 Å². The lowest BCUT2D eigenvalue weighted by molar-refractivity contribution is 0.0671. The maximum atomic E-state index is 14.7. The van der Waals surface area contributed by atoms with Crippen LogP contribution in [0.5, 0.6) is 0 Å². The second kappa shape index (κ2) is 10.2. The summed E-state index contributed by atoms with van der Waals surface area (Å²) in [7, 11) is 0. The van der Waals surface area contributed by atoms with Gasteiger partial charge in [-0.2, -0.15) is 0 Å². The van der Waals surface area contributed by atoms with E-state index in [1.807, 2.05) is 49.9 Å². The minimum Gasteiger partial charge on any atom is -0.378 e. The number of hydrogen-bond donors (Lipinski definition) is 0. The van der Waals surface area contributed by atoms with Crippen LogP contribution in [0.25, 0.3) is 11.3 Å². The highest BCUT2D eigenvalue weighted by Gasteiger charge is 2.30. The predicted molar refractivity (Wildman–Crippen MR) is 126 cm³/mol. The number of anilines is 1. The highest BCUT2D eigenvalue weighted by molar-refractivity contribution is 5.94. The predicted octanol–water partition coefficient (Wildman–Crippen LogP) is 5.07. The molecular weight excluding hydrogens is 421 g/mol. The monoisotopic (exact) mass is 451 g/mol. The molecule has 1 aliphatic rings. The molecule has 1 amide bonds. The Hall–Kier alpha value is -3.19. The van der Waals surface area contributed by atoms with Crippen LogP contribution in [-0.2, 0) is 11.3 Å². The number of carbonyl (C=O) groups excluding carboxylic acids is 1. The fourth-order valence-electron chi connectivity index (χ4n) is 4.00. The van der Waals surface area contributed by atoms with E-state index in [0.29, 0.717) is 54.6 Å². The summed E-state index contributed by atoms with van der Waals surface area (Å²) in [4.78, 5) is 17.4. The smallest absolute Gasteiger partial charge is 0.254 e. The fourth-order valence-corrected chi connectivity index (χ4v) is 4.00. The molecule has 0 spiro atoms. The van der Waals surface area contributed by atoms with Crippen molar-refractivity contribution in [3.63, 3.8) is 0 Å². The molecular formula is C26H30FN3O3. The van der Waals surface area contributed by atoms with Crippen molar-refractivity contribution in [1.29, 1.82) is 0 Å². The van der Waals surface area contributed by atoms with E-state index in [1.54, 1.807) is 18.2 Å². The van der Waals surface area contributed by atoms with Crippen molar-refractivity contribution in [2.75, 3.05) is 31.2 Å². The van der Waals surface area contributed by atoms with Crippen LogP contribution in [0.15, 0.2) is 53.1 Å². The maximum Gasteiger partial charge on any atom is 0.254 e. The van der Waals surface area contributed by atoms with Crippen LogP contribution < -0.4 is 4.90 Å². The van der Waals surface area contributed by atoms with E-state index < -0.39 is 0 Å². The van der Waals surface area contributed by atoms with Crippen LogP contribution in [-0.4, -0.2) is 48.3 Å². The number of halogens is 1. The summed E-state index contributed by atoms with van der Waals surface area (Å²) in [6, 6.07) is 14.1. The third-order valence-electron chi connectivity index (χ3n) is 6.21. The van der Waals surface area contributed by atoms with Crippen LogP contribution >= 0.6 is 0 Å². The van der Waals surface area contributed by atoms with Gasteiger partial charge in [-0.05, 0) is 44.5 Å². The third-order valence-corrected chi connectivity index (χ3v) is 6.21. The van der Waals surface area contributed by atoms with E-state index in [9.17, 15) is 9.18 Å². The first-order valence-corrected chi connectivity index (χ1v) is 11.4. The number of amides is 1. The minimum absolute atomic E-state index is 0.0280. The average molecular weight is 452 g/mol. The summed E-state index contributed by atoms with van der Waals surface area (Å²) >= 11 is 0. The molecule has 0 aliphatic carbocycles. The molecule has 1 unspecified atom stereocenters. The summed E-state index contributed by atoms with van der Waals surface area (Å²) in [6.07, 6.45) is 0.783. The number of morpholine rings is 1. The first-order valence-electron chi connectivity index (χ1n) is 11.4. The van der Waals surface area contributed by atoms with Gasteiger partial charge in [-0.15, -0.1) is 0 Å². The number of aryl methyl sites for hydroxylation is 1. The van der Waals surface area contributed by atoms with E-state index in [1.165, 1.54) is 6.07 Å². The summed E-state index contributed by atoms with van der Waals surface area (Å²) in [5.74, 6) is 0.125. The Labute approximate surface area is 193 Å². The molecule has 174 valence electrons. The van der Waals surface area contributed by atoms with Gasteiger partial charge in [-0.25, -0.2) is 4.39 Å². The highest BCUT2D eigenvalue weighted by Crippen LogP contribution is 2.35. The lowest BCUT2D eigenvalue weighted by Gasteiger charge is -2.31. The molecule has 6 nitrogen and oxygen atoms in total. The van der Waals surface area contributed by atoms with E-state index in [2.05, 4.69) is 10.1 Å². The second-order valence-corrected chi connectivity index (χ2v) is 8.45. The van der Waals surface area contributed by atoms with Gasteiger partial charge in [0.2, 0.25) is 5.88 Å². The summed E-state index contributed by atoms with van der Waals surface area (Å²) in [6.45, 7) is 8.78. The molecule has 0 radical (unpaired) electrons. The normalized spacial score (nSPS) is 14.8. The van der Waals surface area contributed by atoms with Crippen LogP contribution in [0, 0.1) is 12.7 Å². The largest absolute Gasteiger partial charge is 0.378 e. The number of rotatable bonds is 7. The Morgan fingerprint density at radius 1 is 1.15 bits per heavy atom. The lowest BCUT2D eigenvalue weighted by atomic mass is 10.0. The Bertz CT molecular complexity index is 1090. The Morgan fingerprint density at radius 3 is 2.52 bits per heavy atom. The number of aromatic nitrogens is 1. The topological polar surface area (TPSA) is 58.8 Å². The van der Waals surface area contributed by atoms with Crippen molar-refractivity contribution in [2.45, 2.75) is 39.8 Å². The first kappa shape index (κ1) is 23.0. The van der Waals surface area contributed by atoms with Crippen molar-refractivity contribution < 1.29 is 18.4 Å². The SMILES string of the molecule is CCC(C)N(Cc1c(-c2ccccc2F)noc1N1CCOCC1)C(=O)c1ccc(C)cc1. The van der Waals surface area contributed by atoms with Gasteiger partial charge >= 0.3 is 0 Å². The van der Waals surface area contributed by atoms with Gasteiger partial charge in [0.05, 0.1) is 25.3 Å². The van der Waals surface area contributed by atoms with Gasteiger partial charge in [0.1, 0.15) is 11.5 Å². The molecule has 3 aromatic rings. The zero-order valence-corrected chi connectivity index (χ0v) is 19.4. The number of hydrogen-bond acceptors (Lipinski definition) is 5. The molecule has 33 heavy (non-hydrogen) atoms. The van der Waals surface area contributed by atoms with E-state index in [4.69, 9.17) is 9.26 Å². The second-order valence-electron chi connectivity index (χ2n) is 8.45. The molecule has 2 heterocycles. The minimum atomic E-state index is -0.375. The number of benzene rings is 2. The van der Waals surface area contributed by atoms with Crippen molar-refractivity contribution in [3.05, 3.63) is 71.0 Å². The third kappa shape index (κ3) is 4.93. The molecule has 0 bridgehead atoms. The van der Waals surface area contributed by atoms with E-state index >= 15 is 0 Å². The zero-order chi connectivity index (χ0) is 23.4. The van der Waals surface area contributed by atoms with Crippen molar-refractivity contribution >= 4 is 11.8 Å². The van der Waals surface area contributed by atoms with Gasteiger partial charge < -0.3 is 19.1 Å². The van der Waals surface area contributed by atoms with E-state index in [-0.39, 0.29) is 24.3 Å². The molecule has 4 rings (SSSR count). The Morgan fingerprint density at radius 2 is 1.85 bits per heavy atom. The molecule has 1 aliphatic heterocycles. The van der Waals surface area contributed by atoms with Crippen LogP contribution in [0.2, 0.25) is 0 Å². The Balaban J connectivity index is 1.76. The number of carbonyl (C=O) groups is 1. The fraction of sp³-hybridized carbons (Fsp3) is 0.385. The average Bonchev–Trinajstić information content (AvgIpc) is 3.26. The molecule has 0 saturated carbocycles. The molecule has 1 saturated heterocycles. The quantitative estimate of drug-likeness (QED) is 0.502. The molecule has 1 atom stereocenters. The van der Waals surface area contributed by atoms with Crippen molar-refractivity contribution in [2.24, 2.45) is 0 Å². The maximum absolute atomic E-state index is 14.7. The van der Waals surface area contributed by atoms with Gasteiger partial charge in [0.15, 0.2) is 0 Å². The summed E-state index contributed by atoms with van der Waals surface area (Å²) < 4.78 is 26.0. The van der Waals surface area contributed by atoms with E-state index in [0.717, 1.165) is 12.0 Å². The number of nitrogens with zero attached hydrogens (tertiary/aromatic N) is 3. The summed E-state index contributed by atoms with van der Waals surface area (Å²) in [5, 5.41) is 4.27. The molecule has 0 N–H and O–H groups in total. The standard InChI is InChI=1S/C26H30FN3O3/c1-4-19(3)30(25(31)20-11-9-18(2)10-12-20)17-22-24(21-7-5-6-8-23(21)27)28-33-26(22)29-13-15-32-16-14-29/h5-12,19H,4,13-17H2,1-3H3.